The third-order valence-electron chi connectivity index (χ3n) is 2.02. The van der Waals surface area contributed by atoms with Crippen LogP contribution in [0.25, 0.3) is 0 Å². The van der Waals surface area contributed by atoms with Crippen LogP contribution in [0.2, 0.25) is 0 Å². The molecule has 0 aliphatic heterocycles. The molecule has 16 heavy (non-hydrogen) atoms. The highest BCUT2D eigenvalue weighted by atomic mass is 16.6. The van der Waals surface area contributed by atoms with Gasteiger partial charge in [-0.05, 0) is 12.0 Å². The van der Waals surface area contributed by atoms with Gasteiger partial charge in [0, 0.05) is 12.1 Å². The number of carbonyl (C=O) groups is 1. The predicted molar refractivity (Wildman–Crippen MR) is 56.8 cm³/mol. The van der Waals surface area contributed by atoms with Crippen LogP contribution in [0, 0.1) is 10.1 Å². The number of esters is 1. The van der Waals surface area contributed by atoms with Crippen molar-refractivity contribution < 1.29 is 15.8 Å². The Kier molecular flexibility index (Phi) is 3.45. The first kappa shape index (κ1) is 10.6. The van der Waals surface area contributed by atoms with Crippen molar-refractivity contribution in [2.24, 2.45) is 5.73 Å². The minimum atomic E-state index is -0.870. The van der Waals surface area contributed by atoms with E-state index in [1.54, 1.807) is 0 Å². The molecule has 1 aromatic carbocycles. The summed E-state index contributed by atoms with van der Waals surface area (Å²) in [5.41, 5.74) is 5.84. The van der Waals surface area contributed by atoms with Gasteiger partial charge in [0.05, 0.1) is 13.4 Å². The molecule has 0 saturated carbocycles. The summed E-state index contributed by atoms with van der Waals surface area (Å²) in [4.78, 5) is 21.0. The van der Waals surface area contributed by atoms with Gasteiger partial charge in [-0.3, -0.25) is 14.9 Å². The maximum Gasteiger partial charge on any atom is 0.322 e. The predicted octanol–water partition coefficient (Wildman–Crippen LogP) is 0.638. The number of rotatable bonds is 4. The molecule has 0 unspecified atom stereocenters. The van der Waals surface area contributed by atoms with Crippen LogP contribution in [0.15, 0.2) is 24.2 Å². The minimum absolute atomic E-state index is 0.0152. The van der Waals surface area contributed by atoms with Gasteiger partial charge < -0.3 is 10.5 Å². The molecule has 0 spiro atoms. The van der Waals surface area contributed by atoms with E-state index in [1.165, 1.54) is 19.2 Å². The molecule has 0 fully saturated rings. The topological polar surface area (TPSA) is 95.5 Å². The second-order valence-corrected chi connectivity index (χ2v) is 3.16. The zero-order valence-electron chi connectivity index (χ0n) is 9.67. The zero-order valence-corrected chi connectivity index (χ0v) is 8.67. The molecule has 0 amide bonds. The van der Waals surface area contributed by atoms with E-state index in [-0.39, 0.29) is 18.2 Å². The Morgan fingerprint density at radius 2 is 2.38 bits per heavy atom. The van der Waals surface area contributed by atoms with E-state index in [4.69, 9.17) is 7.10 Å². The van der Waals surface area contributed by atoms with Crippen LogP contribution in [-0.4, -0.2) is 24.0 Å². The van der Waals surface area contributed by atoms with E-state index < -0.39 is 16.9 Å². The molecule has 2 N–H and O–H groups in total. The average molecular weight is 225 g/mol. The number of hydrogen-bond acceptors (Lipinski definition) is 5. The van der Waals surface area contributed by atoms with E-state index in [9.17, 15) is 14.9 Å². The summed E-state index contributed by atoms with van der Waals surface area (Å²) < 4.78 is 12.0. The molecule has 6 nitrogen and oxygen atoms in total. The van der Waals surface area contributed by atoms with Crippen LogP contribution in [0.3, 0.4) is 0 Å². The summed E-state index contributed by atoms with van der Waals surface area (Å²) in [6, 6.07) is 2.93. The maximum absolute atomic E-state index is 11.1. The molecule has 0 aliphatic rings. The van der Waals surface area contributed by atoms with Crippen molar-refractivity contribution in [3.63, 3.8) is 0 Å². The largest absolute Gasteiger partial charge is 0.468 e. The third kappa shape index (κ3) is 3.03. The fraction of sp³-hybridized carbons (Fsp3) is 0.300. The van der Waals surface area contributed by atoms with Crippen LogP contribution in [-0.2, 0) is 16.0 Å². The van der Waals surface area contributed by atoms with Crippen molar-refractivity contribution in [1.29, 1.82) is 0 Å². The number of ether oxygens (including phenoxy) is 1. The number of nitrogens with zero attached hydrogens (tertiary/aromatic N) is 1. The van der Waals surface area contributed by atoms with Gasteiger partial charge in [-0.2, -0.15) is 0 Å². The minimum Gasteiger partial charge on any atom is -0.468 e. The average Bonchev–Trinajstić information content (AvgIpc) is 2.30. The lowest BCUT2D eigenvalue weighted by Crippen LogP contribution is -2.33. The van der Waals surface area contributed by atoms with E-state index in [2.05, 4.69) is 4.74 Å². The Morgan fingerprint density at radius 1 is 1.69 bits per heavy atom. The van der Waals surface area contributed by atoms with Gasteiger partial charge in [0.15, 0.2) is 0 Å². The molecule has 0 radical (unpaired) electrons. The van der Waals surface area contributed by atoms with Gasteiger partial charge in [0.1, 0.15) is 6.04 Å². The van der Waals surface area contributed by atoms with Gasteiger partial charge in [-0.25, -0.2) is 0 Å². The number of hydrogen-bond donors (Lipinski definition) is 1. The summed E-state index contributed by atoms with van der Waals surface area (Å²) >= 11 is 0. The summed E-state index contributed by atoms with van der Waals surface area (Å²) in [6.45, 7) is 0. The molecule has 1 atom stereocenters. The Balaban J connectivity index is 2.86. The summed E-state index contributed by atoms with van der Waals surface area (Å²) in [6.07, 6.45) is 0.115. The lowest BCUT2D eigenvalue weighted by Gasteiger charge is -2.08. The van der Waals surface area contributed by atoms with E-state index >= 15 is 0 Å². The van der Waals surface area contributed by atoms with Crippen molar-refractivity contribution in [2.45, 2.75) is 12.5 Å². The van der Waals surface area contributed by atoms with Gasteiger partial charge in [-0.15, -0.1) is 0 Å². The monoisotopic (exact) mass is 225 g/mol. The highest BCUT2D eigenvalue weighted by Crippen LogP contribution is 2.12. The SMILES string of the molecule is [2H]c1cc([N+](=O)[O-])ccc1C[C@H](N)C(=O)OC. The Bertz CT molecular complexity index is 450. The molecule has 86 valence electrons. The molecule has 0 heterocycles. The molecular formula is C10H12N2O4. The third-order valence-corrected chi connectivity index (χ3v) is 2.02. The number of nitrogens with two attached hydrogens (primary N) is 1. The maximum atomic E-state index is 11.1. The molecule has 0 aromatic heterocycles. The van der Waals surface area contributed by atoms with Crippen molar-refractivity contribution in [3.05, 3.63) is 39.9 Å². The van der Waals surface area contributed by atoms with Crippen LogP contribution in [0.5, 0.6) is 0 Å². The number of non-ortho nitro benzene ring substituents is 1. The second kappa shape index (κ2) is 5.22. The Labute approximate surface area is 93.6 Å². The van der Waals surface area contributed by atoms with Crippen molar-refractivity contribution in [2.75, 3.05) is 7.11 Å². The van der Waals surface area contributed by atoms with E-state index in [1.807, 2.05) is 0 Å². The molecular weight excluding hydrogens is 212 g/mol. The first-order valence-corrected chi connectivity index (χ1v) is 4.53. The summed E-state index contributed by atoms with van der Waals surface area (Å²) in [7, 11) is 1.22. The van der Waals surface area contributed by atoms with E-state index in [0.717, 1.165) is 6.07 Å². The first-order chi connectivity index (χ1) is 7.95. The number of carbonyl (C=O) groups excluding carboxylic acids is 1. The van der Waals surface area contributed by atoms with Crippen LogP contribution in [0.1, 0.15) is 6.93 Å². The highest BCUT2D eigenvalue weighted by molar-refractivity contribution is 5.75. The van der Waals surface area contributed by atoms with Gasteiger partial charge in [0.25, 0.3) is 5.69 Å². The lowest BCUT2D eigenvalue weighted by molar-refractivity contribution is -0.384. The van der Waals surface area contributed by atoms with E-state index in [0.29, 0.717) is 5.56 Å². The number of methoxy groups -OCH3 is 1. The zero-order chi connectivity index (χ0) is 13.0. The molecule has 0 bridgehead atoms. The fourth-order valence-corrected chi connectivity index (χ4v) is 1.16. The summed E-state index contributed by atoms with van der Waals surface area (Å²) in [5, 5.41) is 10.5. The van der Waals surface area contributed by atoms with Crippen LogP contribution < -0.4 is 5.73 Å². The standard InChI is InChI=1S/C10H12N2O4/c1-16-10(13)9(11)6-7-2-4-8(5-3-7)12(14)15/h2-5,9H,6,11H2,1H3/t9-/m0/s1/i2D. The second-order valence-electron chi connectivity index (χ2n) is 3.16. The molecule has 0 saturated heterocycles. The number of nitro groups is 1. The molecule has 1 aromatic rings. The van der Waals surface area contributed by atoms with Gasteiger partial charge in [-0.1, -0.05) is 12.1 Å². The van der Waals surface area contributed by atoms with Crippen molar-refractivity contribution in [1.82, 2.24) is 0 Å². The Hall–Kier alpha value is -1.95. The lowest BCUT2D eigenvalue weighted by atomic mass is 10.1. The van der Waals surface area contributed by atoms with Gasteiger partial charge in [0.2, 0.25) is 0 Å². The van der Waals surface area contributed by atoms with Crippen molar-refractivity contribution >= 4 is 11.7 Å². The van der Waals surface area contributed by atoms with Crippen molar-refractivity contribution in [3.8, 4) is 0 Å². The Morgan fingerprint density at radius 3 is 2.88 bits per heavy atom. The molecule has 0 aliphatic carbocycles. The van der Waals surface area contributed by atoms with Crippen LogP contribution in [0.4, 0.5) is 5.69 Å². The molecule has 1 rings (SSSR count). The number of benzene rings is 1. The fourth-order valence-electron chi connectivity index (χ4n) is 1.16. The highest BCUT2D eigenvalue weighted by Gasteiger charge is 2.14. The number of nitro benzene ring substituents is 1. The smallest absolute Gasteiger partial charge is 0.322 e. The molecule has 6 heteroatoms. The van der Waals surface area contributed by atoms with Crippen LogP contribution >= 0.6 is 0 Å². The summed E-state index contributed by atoms with van der Waals surface area (Å²) in [5.74, 6) is -0.581. The van der Waals surface area contributed by atoms with Gasteiger partial charge >= 0.3 is 5.97 Å². The first-order valence-electron chi connectivity index (χ1n) is 5.03. The quantitative estimate of drug-likeness (QED) is 0.460. The normalized spacial score (nSPS) is 12.8.